The van der Waals surface area contributed by atoms with E-state index in [0.29, 0.717) is 13.2 Å². The van der Waals surface area contributed by atoms with Crippen LogP contribution in [0.3, 0.4) is 0 Å². The number of ether oxygens (including phenoxy) is 1. The van der Waals surface area contributed by atoms with Crippen molar-refractivity contribution in [3.63, 3.8) is 0 Å². The first-order valence-electron chi connectivity index (χ1n) is 4.68. The maximum atomic E-state index is 10.4. The van der Waals surface area contributed by atoms with E-state index in [1.807, 2.05) is 12.1 Å². The first-order chi connectivity index (χ1) is 7.18. The summed E-state index contributed by atoms with van der Waals surface area (Å²) in [7, 11) is 1.75. The Bertz CT molecular complexity index is 300. The summed E-state index contributed by atoms with van der Waals surface area (Å²) in [5, 5.41) is 8.51. The average molecular weight is 208 g/mol. The largest absolute Gasteiger partial charge is 0.492 e. The Labute approximate surface area is 89.1 Å². The Kier molecular flexibility index (Phi) is 4.63. The SMILES string of the molecule is CN(CCOc1cc[c]cc1)CC(=O)O. The minimum Gasteiger partial charge on any atom is -0.492 e. The summed E-state index contributed by atoms with van der Waals surface area (Å²) in [5.74, 6) is -0.0516. The number of rotatable bonds is 6. The van der Waals surface area contributed by atoms with Crippen LogP contribution in [0.25, 0.3) is 0 Å². The van der Waals surface area contributed by atoms with E-state index >= 15 is 0 Å². The Hall–Kier alpha value is -1.55. The van der Waals surface area contributed by atoms with Crippen LogP contribution in [0, 0.1) is 6.07 Å². The van der Waals surface area contributed by atoms with E-state index in [0.717, 1.165) is 5.75 Å². The van der Waals surface area contributed by atoms with Crippen LogP contribution >= 0.6 is 0 Å². The van der Waals surface area contributed by atoms with Gasteiger partial charge in [0.05, 0.1) is 6.54 Å². The molecule has 0 heterocycles. The molecular formula is C11H14NO3. The highest BCUT2D eigenvalue weighted by Gasteiger charge is 2.03. The summed E-state index contributed by atoms with van der Waals surface area (Å²) in [5.41, 5.74) is 0. The topological polar surface area (TPSA) is 49.8 Å². The molecule has 0 spiro atoms. The second-order valence-electron chi connectivity index (χ2n) is 3.22. The molecule has 4 nitrogen and oxygen atoms in total. The van der Waals surface area contributed by atoms with Gasteiger partial charge in [0, 0.05) is 6.54 Å². The lowest BCUT2D eigenvalue weighted by Crippen LogP contribution is -2.29. The lowest BCUT2D eigenvalue weighted by molar-refractivity contribution is -0.138. The van der Waals surface area contributed by atoms with Crippen LogP contribution in [-0.4, -0.2) is 42.7 Å². The standard InChI is InChI=1S/C11H14NO3/c1-12(9-11(13)14)7-8-15-10-5-3-2-4-6-10/h3-6H,7-9H2,1H3,(H,13,14). The molecule has 1 rings (SSSR count). The van der Waals surface area contributed by atoms with Gasteiger partial charge >= 0.3 is 5.97 Å². The predicted molar refractivity (Wildman–Crippen MR) is 55.9 cm³/mol. The maximum absolute atomic E-state index is 10.4. The lowest BCUT2D eigenvalue weighted by Gasteiger charge is -2.14. The summed E-state index contributed by atoms with van der Waals surface area (Å²) in [6.07, 6.45) is 0. The highest BCUT2D eigenvalue weighted by molar-refractivity contribution is 5.68. The molecule has 0 aliphatic heterocycles. The summed E-state index contributed by atoms with van der Waals surface area (Å²) in [6.45, 7) is 1.10. The van der Waals surface area contributed by atoms with Crippen LogP contribution in [0.5, 0.6) is 5.75 Å². The second-order valence-corrected chi connectivity index (χ2v) is 3.22. The molecule has 0 atom stereocenters. The quantitative estimate of drug-likeness (QED) is 0.754. The highest BCUT2D eigenvalue weighted by Crippen LogP contribution is 2.07. The van der Waals surface area contributed by atoms with Gasteiger partial charge in [0.2, 0.25) is 0 Å². The molecule has 0 fully saturated rings. The lowest BCUT2D eigenvalue weighted by atomic mass is 10.3. The van der Waals surface area contributed by atoms with Crippen molar-refractivity contribution in [3.05, 3.63) is 30.3 Å². The van der Waals surface area contributed by atoms with Crippen LogP contribution < -0.4 is 4.74 Å². The van der Waals surface area contributed by atoms with Crippen LogP contribution in [0.1, 0.15) is 0 Å². The highest BCUT2D eigenvalue weighted by atomic mass is 16.5. The summed E-state index contributed by atoms with van der Waals surface area (Å²) < 4.78 is 5.40. The third-order valence-electron chi connectivity index (χ3n) is 1.83. The van der Waals surface area contributed by atoms with Gasteiger partial charge in [-0.1, -0.05) is 12.1 Å². The van der Waals surface area contributed by atoms with E-state index in [1.165, 1.54) is 0 Å². The minimum absolute atomic E-state index is 0.0337. The molecule has 0 saturated heterocycles. The molecule has 4 heteroatoms. The van der Waals surface area contributed by atoms with Crippen LogP contribution in [0.4, 0.5) is 0 Å². The normalized spacial score (nSPS) is 10.3. The van der Waals surface area contributed by atoms with Gasteiger partial charge in [-0.25, -0.2) is 0 Å². The van der Waals surface area contributed by atoms with Gasteiger partial charge in [0.15, 0.2) is 0 Å². The Morgan fingerprint density at radius 2 is 2.20 bits per heavy atom. The molecule has 0 aliphatic rings. The molecule has 15 heavy (non-hydrogen) atoms. The molecule has 0 aromatic heterocycles. The van der Waals surface area contributed by atoms with Gasteiger partial charge in [-0.15, -0.1) is 0 Å². The first-order valence-corrected chi connectivity index (χ1v) is 4.68. The van der Waals surface area contributed by atoms with Crippen molar-refractivity contribution in [1.82, 2.24) is 4.90 Å². The third kappa shape index (κ3) is 5.02. The zero-order chi connectivity index (χ0) is 11.1. The fraction of sp³-hybridized carbons (Fsp3) is 0.364. The number of nitrogens with zero attached hydrogens (tertiary/aromatic N) is 1. The molecule has 0 saturated carbocycles. The molecule has 0 unspecified atom stereocenters. The van der Waals surface area contributed by atoms with Gasteiger partial charge in [-0.05, 0) is 25.2 Å². The van der Waals surface area contributed by atoms with E-state index in [2.05, 4.69) is 6.07 Å². The van der Waals surface area contributed by atoms with Gasteiger partial charge in [-0.3, -0.25) is 9.69 Å². The fourth-order valence-electron chi connectivity index (χ4n) is 1.10. The van der Waals surface area contributed by atoms with E-state index in [-0.39, 0.29) is 6.54 Å². The van der Waals surface area contributed by atoms with Crippen molar-refractivity contribution >= 4 is 5.97 Å². The summed E-state index contributed by atoms with van der Waals surface area (Å²) in [6, 6.07) is 10.1. The molecule has 1 radical (unpaired) electrons. The van der Waals surface area contributed by atoms with E-state index in [9.17, 15) is 4.79 Å². The summed E-state index contributed by atoms with van der Waals surface area (Å²) in [4.78, 5) is 12.0. The van der Waals surface area contributed by atoms with Crippen molar-refractivity contribution in [2.45, 2.75) is 0 Å². The Morgan fingerprint density at radius 3 is 2.80 bits per heavy atom. The minimum atomic E-state index is -0.827. The fourth-order valence-corrected chi connectivity index (χ4v) is 1.10. The number of aliphatic carboxylic acids is 1. The van der Waals surface area contributed by atoms with Gasteiger partial charge in [0.25, 0.3) is 0 Å². The molecule has 0 amide bonds. The summed E-state index contributed by atoms with van der Waals surface area (Å²) >= 11 is 0. The number of hydrogen-bond donors (Lipinski definition) is 1. The van der Waals surface area contributed by atoms with Crippen molar-refractivity contribution < 1.29 is 14.6 Å². The van der Waals surface area contributed by atoms with E-state index in [4.69, 9.17) is 9.84 Å². The van der Waals surface area contributed by atoms with Gasteiger partial charge < -0.3 is 9.84 Å². The molecule has 81 valence electrons. The Balaban J connectivity index is 2.19. The monoisotopic (exact) mass is 208 g/mol. The van der Waals surface area contributed by atoms with Crippen LogP contribution in [-0.2, 0) is 4.79 Å². The number of likely N-dealkylation sites (N-methyl/N-ethyl adjacent to an activating group) is 1. The number of benzene rings is 1. The zero-order valence-electron chi connectivity index (χ0n) is 8.64. The van der Waals surface area contributed by atoms with Crippen molar-refractivity contribution in [3.8, 4) is 5.75 Å². The molecule has 1 N–H and O–H groups in total. The van der Waals surface area contributed by atoms with Crippen LogP contribution in [0.15, 0.2) is 24.3 Å². The number of carbonyl (C=O) groups is 1. The van der Waals surface area contributed by atoms with Gasteiger partial charge in [-0.2, -0.15) is 0 Å². The number of carboxylic acids is 1. The van der Waals surface area contributed by atoms with Gasteiger partial charge in [0.1, 0.15) is 12.4 Å². The van der Waals surface area contributed by atoms with E-state index < -0.39 is 5.97 Å². The molecule has 0 aliphatic carbocycles. The molecule has 1 aromatic rings. The molecule has 0 bridgehead atoms. The second kappa shape index (κ2) is 6.03. The van der Waals surface area contributed by atoms with Crippen molar-refractivity contribution in [2.75, 3.05) is 26.7 Å². The molecule has 1 aromatic carbocycles. The predicted octanol–water partition coefficient (Wildman–Crippen LogP) is 0.882. The van der Waals surface area contributed by atoms with Crippen molar-refractivity contribution in [2.24, 2.45) is 0 Å². The van der Waals surface area contributed by atoms with Crippen LogP contribution in [0.2, 0.25) is 0 Å². The van der Waals surface area contributed by atoms with Crippen molar-refractivity contribution in [1.29, 1.82) is 0 Å². The smallest absolute Gasteiger partial charge is 0.317 e. The molecular weight excluding hydrogens is 194 g/mol. The first kappa shape index (κ1) is 11.5. The average Bonchev–Trinajstić information content (AvgIpc) is 2.18. The third-order valence-corrected chi connectivity index (χ3v) is 1.83. The van der Waals surface area contributed by atoms with E-state index in [1.54, 1.807) is 24.1 Å². The maximum Gasteiger partial charge on any atom is 0.317 e. The number of hydrogen-bond acceptors (Lipinski definition) is 3. The Morgan fingerprint density at radius 1 is 1.53 bits per heavy atom. The number of carboxylic acid groups (broad SMARTS) is 1. The zero-order valence-corrected chi connectivity index (χ0v) is 8.64.